The summed E-state index contributed by atoms with van der Waals surface area (Å²) in [6.45, 7) is 2.38. The van der Waals surface area contributed by atoms with Gasteiger partial charge in [-0.3, -0.25) is 0 Å². The lowest BCUT2D eigenvalue weighted by Crippen LogP contribution is -2.46. The summed E-state index contributed by atoms with van der Waals surface area (Å²) in [5.74, 6) is 0. The monoisotopic (exact) mass is 190 g/mol. The largest absolute Gasteiger partial charge is 0.424 e. The van der Waals surface area contributed by atoms with Crippen LogP contribution < -0.4 is 0 Å². The van der Waals surface area contributed by atoms with Crippen LogP contribution in [0.1, 0.15) is 6.42 Å². The van der Waals surface area contributed by atoms with E-state index < -0.39 is 7.83 Å². The molecule has 66 valence electrons. The molecule has 1 fully saturated rings. The summed E-state index contributed by atoms with van der Waals surface area (Å²) in [6, 6.07) is 2.67. The molecule has 0 spiro atoms. The van der Waals surface area contributed by atoms with Gasteiger partial charge in [-0.1, -0.05) is 0 Å². The molecule has 0 radical (unpaired) electrons. The molecule has 1 aliphatic rings. The predicted octanol–water partition coefficient (Wildman–Crippen LogP) is 0.711. The summed E-state index contributed by atoms with van der Waals surface area (Å²) >= 11 is 0. The van der Waals surface area contributed by atoms with Crippen molar-refractivity contribution in [3.8, 4) is 0 Å². The third-order valence-corrected chi connectivity index (χ3v) is 13.1. The Kier molecular flexibility index (Phi) is 3.30. The van der Waals surface area contributed by atoms with Crippen LogP contribution in [0.3, 0.4) is 0 Å². The van der Waals surface area contributed by atoms with Crippen LogP contribution in [0.4, 0.5) is 0 Å². The van der Waals surface area contributed by atoms with E-state index in [0.717, 1.165) is 0 Å². The molecule has 1 rings (SSSR count). The van der Waals surface area contributed by atoms with Crippen molar-refractivity contribution in [3.05, 3.63) is 0 Å². The molecule has 0 aromatic heterocycles. The third kappa shape index (κ3) is 2.40. The molecule has 1 saturated heterocycles. The van der Waals surface area contributed by atoms with Crippen molar-refractivity contribution in [1.82, 2.24) is 0 Å². The fourth-order valence-corrected chi connectivity index (χ4v) is 9.46. The minimum atomic E-state index is -1.11. The summed E-state index contributed by atoms with van der Waals surface area (Å²) in [7, 11) is 2.67. The minimum Gasteiger partial charge on any atom is -0.424 e. The van der Waals surface area contributed by atoms with Crippen molar-refractivity contribution in [1.29, 1.82) is 0 Å². The molecule has 0 bridgehead atoms. The fraction of sp³-hybridized carbons (Fsp3) is 1.00. The van der Waals surface area contributed by atoms with Crippen LogP contribution in [0.25, 0.3) is 0 Å². The first-order chi connectivity index (χ1) is 5.20. The van der Waals surface area contributed by atoms with Gasteiger partial charge in [0.25, 0.3) is 0 Å². The van der Waals surface area contributed by atoms with E-state index in [0.29, 0.717) is 6.10 Å². The predicted molar refractivity (Wildman–Crippen MR) is 52.2 cm³/mol. The maximum absolute atomic E-state index is 5.62. The van der Waals surface area contributed by atoms with Gasteiger partial charge in [-0.2, -0.15) is 0 Å². The van der Waals surface area contributed by atoms with Crippen molar-refractivity contribution >= 4 is 16.9 Å². The highest BCUT2D eigenvalue weighted by Crippen LogP contribution is 2.23. The maximum atomic E-state index is 5.62. The highest BCUT2D eigenvalue weighted by molar-refractivity contribution is 7.21. The Morgan fingerprint density at radius 2 is 2.18 bits per heavy atom. The lowest BCUT2D eigenvalue weighted by atomic mass is 10.3. The zero-order chi connectivity index (χ0) is 8.32. The smallest absolute Gasteiger partial charge is 0.169 e. The van der Waals surface area contributed by atoms with Crippen LogP contribution in [-0.4, -0.2) is 37.2 Å². The molecule has 0 amide bonds. The van der Waals surface area contributed by atoms with Gasteiger partial charge in [0, 0.05) is 14.2 Å². The van der Waals surface area contributed by atoms with Gasteiger partial charge in [0.1, 0.15) is 0 Å². The first kappa shape index (κ1) is 9.44. The highest BCUT2D eigenvalue weighted by Gasteiger charge is 2.33. The van der Waals surface area contributed by atoms with Crippen LogP contribution in [0.5, 0.6) is 0 Å². The van der Waals surface area contributed by atoms with Crippen LogP contribution >= 0.6 is 0 Å². The molecule has 2 atom stereocenters. The Labute approximate surface area is 72.0 Å². The molecular weight excluding hydrogens is 172 g/mol. The normalized spacial score (nSPS) is 41.2. The molecule has 0 N–H and O–H groups in total. The van der Waals surface area contributed by atoms with Crippen molar-refractivity contribution in [2.24, 2.45) is 0 Å². The van der Waals surface area contributed by atoms with E-state index in [1.165, 1.54) is 18.5 Å². The molecule has 2 nitrogen and oxygen atoms in total. The van der Waals surface area contributed by atoms with Crippen molar-refractivity contribution in [3.63, 3.8) is 0 Å². The molecule has 0 aromatic rings. The summed E-state index contributed by atoms with van der Waals surface area (Å²) < 4.78 is 10.9. The van der Waals surface area contributed by atoms with Crippen molar-refractivity contribution in [2.45, 2.75) is 31.2 Å². The first-order valence-corrected chi connectivity index (χ1v) is 10.2. The molecule has 4 heteroatoms. The third-order valence-electron chi connectivity index (χ3n) is 2.82. The zero-order valence-electron chi connectivity index (χ0n) is 7.72. The highest BCUT2D eigenvalue weighted by atomic mass is 29.2. The lowest BCUT2D eigenvalue weighted by molar-refractivity contribution is 0.112. The standard InChI is InChI=1S/C7H18O2Si2/c1-8-7-4-5-11(3,9-2)10-6-7/h7H,4-6,10H2,1-3H3. The summed E-state index contributed by atoms with van der Waals surface area (Å²) in [5.41, 5.74) is 0. The Bertz CT molecular complexity index is 122. The van der Waals surface area contributed by atoms with Gasteiger partial charge in [-0.25, -0.2) is 0 Å². The topological polar surface area (TPSA) is 18.5 Å². The SMILES string of the molecule is COC1CC[Si](C)(OC)[SiH2]C1. The molecular formula is C7H18O2Si2. The van der Waals surface area contributed by atoms with Crippen molar-refractivity contribution < 1.29 is 9.16 Å². The number of ether oxygens (including phenoxy) is 1. The Hall–Kier alpha value is 0.354. The second kappa shape index (κ2) is 3.84. The van der Waals surface area contributed by atoms with E-state index in [2.05, 4.69) is 6.55 Å². The van der Waals surface area contributed by atoms with Crippen LogP contribution in [-0.2, 0) is 9.16 Å². The molecule has 11 heavy (non-hydrogen) atoms. The van der Waals surface area contributed by atoms with Crippen molar-refractivity contribution in [2.75, 3.05) is 14.2 Å². The van der Waals surface area contributed by atoms with Crippen LogP contribution in [0.2, 0.25) is 18.6 Å². The number of hydrogen-bond acceptors (Lipinski definition) is 2. The van der Waals surface area contributed by atoms with Gasteiger partial charge >= 0.3 is 0 Å². The van der Waals surface area contributed by atoms with E-state index in [-0.39, 0.29) is 9.04 Å². The van der Waals surface area contributed by atoms with Gasteiger partial charge in [-0.05, 0) is 25.1 Å². The van der Waals surface area contributed by atoms with Crippen LogP contribution in [0.15, 0.2) is 0 Å². The van der Waals surface area contributed by atoms with Gasteiger partial charge in [0.15, 0.2) is 7.83 Å². The quantitative estimate of drug-likeness (QED) is 0.597. The molecule has 1 aliphatic heterocycles. The van der Waals surface area contributed by atoms with Gasteiger partial charge < -0.3 is 9.16 Å². The molecule has 0 aliphatic carbocycles. The molecule has 0 saturated carbocycles. The summed E-state index contributed by atoms with van der Waals surface area (Å²) in [6.07, 6.45) is 1.80. The molecule has 1 heterocycles. The Morgan fingerprint density at radius 1 is 1.45 bits per heavy atom. The Balaban J connectivity index is 2.35. The number of rotatable bonds is 2. The minimum absolute atomic E-state index is 0.0592. The maximum Gasteiger partial charge on any atom is 0.169 e. The first-order valence-electron chi connectivity index (χ1n) is 4.28. The Morgan fingerprint density at radius 3 is 2.55 bits per heavy atom. The zero-order valence-corrected chi connectivity index (χ0v) is 10.1. The molecule has 2 unspecified atom stereocenters. The second-order valence-electron chi connectivity index (χ2n) is 3.59. The second-order valence-corrected chi connectivity index (χ2v) is 14.5. The number of hydrogen-bond donors (Lipinski definition) is 0. The fourth-order valence-electron chi connectivity index (χ4n) is 1.64. The van der Waals surface area contributed by atoms with Crippen LogP contribution in [0, 0.1) is 0 Å². The summed E-state index contributed by atoms with van der Waals surface area (Å²) in [4.78, 5) is 0. The van der Waals surface area contributed by atoms with E-state index in [1.807, 2.05) is 14.2 Å². The molecule has 0 aromatic carbocycles. The average Bonchev–Trinajstić information content (AvgIpc) is 2.06. The van der Waals surface area contributed by atoms with E-state index in [9.17, 15) is 0 Å². The summed E-state index contributed by atoms with van der Waals surface area (Å²) in [5, 5.41) is 0. The van der Waals surface area contributed by atoms with Gasteiger partial charge in [0.05, 0.1) is 15.1 Å². The van der Waals surface area contributed by atoms with Gasteiger partial charge in [0.2, 0.25) is 0 Å². The van der Waals surface area contributed by atoms with E-state index in [1.54, 1.807) is 0 Å². The lowest BCUT2D eigenvalue weighted by Gasteiger charge is -2.32. The van der Waals surface area contributed by atoms with E-state index >= 15 is 0 Å². The number of methoxy groups -OCH3 is 1. The average molecular weight is 190 g/mol. The van der Waals surface area contributed by atoms with E-state index in [4.69, 9.17) is 9.16 Å². The van der Waals surface area contributed by atoms with Gasteiger partial charge in [-0.15, -0.1) is 0 Å².